The molecule has 7 nitrogen and oxygen atoms in total. The Balaban J connectivity index is 1.69. The van der Waals surface area contributed by atoms with Crippen molar-refractivity contribution in [2.75, 3.05) is 0 Å². The highest BCUT2D eigenvalue weighted by atomic mass is 16.6. The van der Waals surface area contributed by atoms with Crippen LogP contribution in [-0.2, 0) is 20.7 Å². The molecule has 40 heavy (non-hydrogen) atoms. The summed E-state index contributed by atoms with van der Waals surface area (Å²) in [5, 5.41) is 6.13. The summed E-state index contributed by atoms with van der Waals surface area (Å²) in [6.45, 7) is 9.45. The van der Waals surface area contributed by atoms with Crippen LogP contribution in [0.25, 0.3) is 0 Å². The summed E-state index contributed by atoms with van der Waals surface area (Å²) < 4.78 is 5.53. The molecule has 2 aromatic carbocycles. The Hall–Kier alpha value is -3.35. The number of nitrogens with zero attached hydrogens (tertiary/aromatic N) is 1. The van der Waals surface area contributed by atoms with E-state index in [-0.39, 0.29) is 23.9 Å². The maximum absolute atomic E-state index is 14.5. The van der Waals surface area contributed by atoms with Crippen molar-refractivity contribution in [1.29, 1.82) is 0 Å². The predicted octanol–water partition coefficient (Wildman–Crippen LogP) is 5.92. The van der Waals surface area contributed by atoms with Gasteiger partial charge in [-0.15, -0.1) is 0 Å². The van der Waals surface area contributed by atoms with E-state index in [2.05, 4.69) is 10.6 Å². The zero-order valence-electron chi connectivity index (χ0n) is 24.7. The number of rotatable bonds is 9. The van der Waals surface area contributed by atoms with Crippen LogP contribution in [0.5, 0.6) is 0 Å². The van der Waals surface area contributed by atoms with E-state index in [0.717, 1.165) is 60.8 Å². The minimum Gasteiger partial charge on any atom is -0.444 e. The summed E-state index contributed by atoms with van der Waals surface area (Å²) in [5.74, 6) is -0.412. The summed E-state index contributed by atoms with van der Waals surface area (Å²) >= 11 is 0. The van der Waals surface area contributed by atoms with Gasteiger partial charge in [-0.1, -0.05) is 67.8 Å². The molecule has 0 aliphatic heterocycles. The van der Waals surface area contributed by atoms with Crippen molar-refractivity contribution >= 4 is 17.9 Å². The molecule has 0 aromatic heterocycles. The van der Waals surface area contributed by atoms with Gasteiger partial charge in [0, 0.05) is 18.5 Å². The zero-order valence-corrected chi connectivity index (χ0v) is 24.7. The monoisotopic (exact) mass is 547 g/mol. The highest BCUT2D eigenvalue weighted by molar-refractivity contribution is 5.93. The van der Waals surface area contributed by atoms with Crippen LogP contribution >= 0.6 is 0 Å². The number of ether oxygens (including phenoxy) is 1. The fourth-order valence-electron chi connectivity index (χ4n) is 5.45. The van der Waals surface area contributed by atoms with Gasteiger partial charge in [-0.3, -0.25) is 9.59 Å². The molecule has 2 atom stereocenters. The minimum absolute atomic E-state index is 0.0603. The van der Waals surface area contributed by atoms with Crippen molar-refractivity contribution in [3.63, 3.8) is 0 Å². The van der Waals surface area contributed by atoms with Crippen molar-refractivity contribution in [2.24, 2.45) is 0 Å². The molecule has 0 heterocycles. The lowest BCUT2D eigenvalue weighted by molar-refractivity contribution is -0.143. The second-order valence-corrected chi connectivity index (χ2v) is 12.5. The first-order chi connectivity index (χ1) is 19.0. The fraction of sp³-hybridized carbons (Fsp3) is 0.545. The molecule has 2 aliphatic rings. The first-order valence-electron chi connectivity index (χ1n) is 14.7. The third-order valence-corrected chi connectivity index (χ3v) is 7.79. The lowest BCUT2D eigenvalue weighted by Gasteiger charge is -2.36. The fourth-order valence-corrected chi connectivity index (χ4v) is 5.45. The highest BCUT2D eigenvalue weighted by Gasteiger charge is 2.44. The minimum atomic E-state index is -0.880. The Bertz CT molecular complexity index is 1180. The van der Waals surface area contributed by atoms with Gasteiger partial charge in [0.2, 0.25) is 11.8 Å². The summed E-state index contributed by atoms with van der Waals surface area (Å²) in [7, 11) is 0. The predicted molar refractivity (Wildman–Crippen MR) is 157 cm³/mol. The van der Waals surface area contributed by atoms with Crippen molar-refractivity contribution < 1.29 is 19.1 Å². The summed E-state index contributed by atoms with van der Waals surface area (Å²) in [6, 6.07) is 14.0. The maximum atomic E-state index is 14.5. The van der Waals surface area contributed by atoms with E-state index in [1.807, 2.05) is 62.4 Å². The van der Waals surface area contributed by atoms with E-state index in [9.17, 15) is 14.4 Å². The average molecular weight is 548 g/mol. The molecule has 4 rings (SSSR count). The Morgan fingerprint density at radius 3 is 2.20 bits per heavy atom. The number of hydrogen-bond donors (Lipinski definition) is 2. The molecular formula is C33H45N3O4. The average Bonchev–Trinajstić information content (AvgIpc) is 3.73. The number of nitrogens with one attached hydrogen (secondary N) is 2. The Kier molecular flexibility index (Phi) is 9.54. The number of benzene rings is 2. The van der Waals surface area contributed by atoms with Gasteiger partial charge < -0.3 is 20.3 Å². The molecule has 7 heteroatoms. The summed E-state index contributed by atoms with van der Waals surface area (Å²) in [4.78, 5) is 43.2. The third kappa shape index (κ3) is 8.09. The van der Waals surface area contributed by atoms with Crippen LogP contribution in [0.15, 0.2) is 48.5 Å². The van der Waals surface area contributed by atoms with Crippen molar-refractivity contribution in [1.82, 2.24) is 15.5 Å². The van der Waals surface area contributed by atoms with E-state index in [1.54, 1.807) is 25.7 Å². The molecule has 2 N–H and O–H groups in total. The van der Waals surface area contributed by atoms with Crippen LogP contribution in [0.1, 0.15) is 94.0 Å². The van der Waals surface area contributed by atoms with Crippen LogP contribution in [0.2, 0.25) is 0 Å². The van der Waals surface area contributed by atoms with E-state index in [0.29, 0.717) is 6.42 Å². The molecule has 2 aliphatic carbocycles. The van der Waals surface area contributed by atoms with Crippen molar-refractivity contribution in [2.45, 2.75) is 116 Å². The second kappa shape index (κ2) is 12.9. The van der Waals surface area contributed by atoms with Gasteiger partial charge in [-0.05, 0) is 82.6 Å². The number of alkyl carbamates (subject to hydrolysis) is 1. The van der Waals surface area contributed by atoms with Crippen LogP contribution in [0, 0.1) is 13.8 Å². The molecule has 0 spiro atoms. The van der Waals surface area contributed by atoms with Gasteiger partial charge in [0.15, 0.2) is 0 Å². The van der Waals surface area contributed by atoms with E-state index < -0.39 is 23.8 Å². The largest absolute Gasteiger partial charge is 0.444 e. The molecule has 216 valence electrons. The number of hydrogen-bond acceptors (Lipinski definition) is 4. The van der Waals surface area contributed by atoms with Gasteiger partial charge in [-0.2, -0.15) is 0 Å². The number of carbonyl (C=O) groups is 3. The van der Waals surface area contributed by atoms with E-state index in [1.165, 1.54) is 6.42 Å². The number of aryl methyl sites for hydroxylation is 2. The van der Waals surface area contributed by atoms with Gasteiger partial charge in [-0.25, -0.2) is 4.79 Å². The first kappa shape index (κ1) is 29.6. The Labute approximate surface area is 239 Å². The quantitative estimate of drug-likeness (QED) is 0.408. The molecule has 2 unspecified atom stereocenters. The third-order valence-electron chi connectivity index (χ3n) is 7.79. The van der Waals surface area contributed by atoms with E-state index in [4.69, 9.17) is 4.74 Å². The normalized spacial score (nSPS) is 17.4. The Morgan fingerprint density at radius 1 is 0.925 bits per heavy atom. The van der Waals surface area contributed by atoms with Crippen LogP contribution < -0.4 is 10.6 Å². The molecular weight excluding hydrogens is 502 g/mol. The second-order valence-electron chi connectivity index (χ2n) is 12.5. The molecule has 3 amide bonds. The highest BCUT2D eigenvalue weighted by Crippen LogP contribution is 2.36. The molecule has 2 saturated carbocycles. The van der Waals surface area contributed by atoms with Crippen LogP contribution in [0.4, 0.5) is 4.79 Å². The number of carbonyl (C=O) groups excluding carboxylic acids is 3. The Morgan fingerprint density at radius 2 is 1.60 bits per heavy atom. The smallest absolute Gasteiger partial charge is 0.408 e. The molecule has 0 saturated heterocycles. The van der Waals surface area contributed by atoms with E-state index >= 15 is 0 Å². The molecule has 2 aromatic rings. The maximum Gasteiger partial charge on any atom is 0.408 e. The molecule has 0 radical (unpaired) electrons. The molecule has 0 bridgehead atoms. The lowest BCUT2D eigenvalue weighted by Crippen LogP contribution is -2.55. The number of amides is 3. The molecule has 2 fully saturated rings. The lowest BCUT2D eigenvalue weighted by atomic mass is 9.93. The summed E-state index contributed by atoms with van der Waals surface area (Å²) in [6.07, 6.45) is 6.62. The van der Waals surface area contributed by atoms with Gasteiger partial charge >= 0.3 is 6.09 Å². The first-order valence-corrected chi connectivity index (χ1v) is 14.7. The van der Waals surface area contributed by atoms with Crippen LogP contribution in [0.3, 0.4) is 0 Å². The SMILES string of the molecule is Cc1ccc(C(C(=O)NC2CCCCC2)N(C(=O)C(Cc2ccccc2)NC(=O)OC(C)(C)C)C2CC2)cc1C. The van der Waals surface area contributed by atoms with Gasteiger partial charge in [0.25, 0.3) is 0 Å². The topological polar surface area (TPSA) is 87.7 Å². The van der Waals surface area contributed by atoms with Gasteiger partial charge in [0.1, 0.15) is 17.7 Å². The van der Waals surface area contributed by atoms with Crippen molar-refractivity contribution in [3.05, 3.63) is 70.8 Å². The van der Waals surface area contributed by atoms with Crippen molar-refractivity contribution in [3.8, 4) is 0 Å². The zero-order chi connectivity index (χ0) is 28.9. The van der Waals surface area contributed by atoms with Gasteiger partial charge in [0.05, 0.1) is 0 Å². The van der Waals surface area contributed by atoms with Crippen LogP contribution in [-0.4, -0.2) is 46.5 Å². The standard InChI is InChI=1S/C33H45N3O4/c1-22-16-17-25(20-23(22)2)29(30(37)34-26-14-10-7-11-15-26)36(27-18-19-27)31(38)28(21-24-12-8-6-9-13-24)35-32(39)40-33(3,4)5/h6,8-9,12-13,16-17,20,26-29H,7,10-11,14-15,18-19,21H2,1-5H3,(H,34,37)(H,35,39). The summed E-state index contributed by atoms with van der Waals surface area (Å²) in [5.41, 5.74) is 3.22.